The lowest BCUT2D eigenvalue weighted by Crippen LogP contribution is -2.16. The van der Waals surface area contributed by atoms with Crippen LogP contribution in [-0.4, -0.2) is 25.5 Å². The Bertz CT molecular complexity index is 475. The summed E-state index contributed by atoms with van der Waals surface area (Å²) in [7, 11) is 0. The van der Waals surface area contributed by atoms with Crippen LogP contribution in [0.4, 0.5) is 5.82 Å². The summed E-state index contributed by atoms with van der Waals surface area (Å²) in [5, 5.41) is 3.77. The minimum absolute atomic E-state index is 0.137. The number of nitrogen functional groups attached to an aromatic ring is 1. The van der Waals surface area contributed by atoms with Crippen LogP contribution in [0.25, 0.3) is 5.78 Å². The zero-order valence-electron chi connectivity index (χ0n) is 6.51. The predicted molar refractivity (Wildman–Crippen MR) is 43.7 cm³/mol. The Kier molecular flexibility index (Phi) is 1.38. The zero-order chi connectivity index (χ0) is 9.42. The van der Waals surface area contributed by atoms with Crippen LogP contribution >= 0.6 is 0 Å². The molecule has 0 saturated carbocycles. The minimum atomic E-state index is -0.637. The van der Waals surface area contributed by atoms with Gasteiger partial charge in [-0.3, -0.25) is 4.79 Å². The van der Waals surface area contributed by atoms with Crippen molar-refractivity contribution in [2.75, 3.05) is 5.73 Å². The molecule has 0 aliphatic carbocycles. The molecule has 7 heteroatoms. The Morgan fingerprint density at radius 3 is 2.92 bits per heavy atom. The van der Waals surface area contributed by atoms with E-state index in [9.17, 15) is 4.79 Å². The lowest BCUT2D eigenvalue weighted by molar-refractivity contribution is 0.100. The van der Waals surface area contributed by atoms with E-state index in [2.05, 4.69) is 15.1 Å². The molecule has 7 nitrogen and oxygen atoms in total. The normalized spacial score (nSPS) is 10.5. The van der Waals surface area contributed by atoms with Crippen LogP contribution in [0.5, 0.6) is 0 Å². The fourth-order valence-corrected chi connectivity index (χ4v) is 0.986. The maximum Gasteiger partial charge on any atom is 0.254 e. The van der Waals surface area contributed by atoms with Crippen molar-refractivity contribution in [2.45, 2.75) is 0 Å². The van der Waals surface area contributed by atoms with Crippen LogP contribution in [0.2, 0.25) is 0 Å². The average molecular weight is 178 g/mol. The van der Waals surface area contributed by atoms with Gasteiger partial charge in [0.25, 0.3) is 11.7 Å². The van der Waals surface area contributed by atoms with Crippen molar-refractivity contribution in [3.8, 4) is 0 Å². The summed E-state index contributed by atoms with van der Waals surface area (Å²) >= 11 is 0. The summed E-state index contributed by atoms with van der Waals surface area (Å²) in [6.07, 6.45) is 2.57. The van der Waals surface area contributed by atoms with Gasteiger partial charge in [-0.1, -0.05) is 0 Å². The molecule has 0 radical (unpaired) electrons. The molecule has 66 valence electrons. The smallest absolute Gasteiger partial charge is 0.254 e. The molecule has 0 aromatic carbocycles. The number of fused-ring (bicyclic) bond motifs is 1. The van der Waals surface area contributed by atoms with Crippen LogP contribution < -0.4 is 11.5 Å². The van der Waals surface area contributed by atoms with Crippen LogP contribution in [0.3, 0.4) is 0 Å². The van der Waals surface area contributed by atoms with Gasteiger partial charge in [-0.15, -0.1) is 0 Å². The first-order chi connectivity index (χ1) is 6.20. The molecule has 1 amide bonds. The lowest BCUT2D eigenvalue weighted by atomic mass is 10.3. The van der Waals surface area contributed by atoms with Crippen LogP contribution in [-0.2, 0) is 0 Å². The summed E-state index contributed by atoms with van der Waals surface area (Å²) < 4.78 is 1.25. The molecule has 0 unspecified atom stereocenters. The number of carbonyl (C=O) groups excluding carboxylic acids is 1. The van der Waals surface area contributed by atoms with Crippen molar-refractivity contribution in [3.05, 3.63) is 18.1 Å². The van der Waals surface area contributed by atoms with Gasteiger partial charge in [0.1, 0.15) is 12.1 Å². The Balaban J connectivity index is 2.80. The molecule has 0 aliphatic rings. The highest BCUT2D eigenvalue weighted by atomic mass is 16.1. The van der Waals surface area contributed by atoms with Gasteiger partial charge in [0.15, 0.2) is 0 Å². The second-order valence-electron chi connectivity index (χ2n) is 2.39. The second-order valence-corrected chi connectivity index (χ2v) is 2.39. The van der Waals surface area contributed by atoms with E-state index >= 15 is 0 Å². The first-order valence-corrected chi connectivity index (χ1v) is 3.44. The number of carbonyl (C=O) groups is 1. The number of nitrogens with two attached hydrogens (primary N) is 2. The van der Waals surface area contributed by atoms with E-state index < -0.39 is 5.91 Å². The molecular weight excluding hydrogens is 172 g/mol. The maximum absolute atomic E-state index is 10.8. The Hall–Kier alpha value is -2.18. The first kappa shape index (κ1) is 7.47. The van der Waals surface area contributed by atoms with Gasteiger partial charge in [0, 0.05) is 6.20 Å². The van der Waals surface area contributed by atoms with Gasteiger partial charge in [-0.05, 0) is 0 Å². The third-order valence-electron chi connectivity index (χ3n) is 1.61. The molecule has 0 atom stereocenters. The molecule has 4 N–H and O–H groups in total. The van der Waals surface area contributed by atoms with E-state index in [0.717, 1.165) is 0 Å². The van der Waals surface area contributed by atoms with Crippen LogP contribution in [0.15, 0.2) is 12.5 Å². The van der Waals surface area contributed by atoms with Gasteiger partial charge < -0.3 is 11.5 Å². The summed E-state index contributed by atoms with van der Waals surface area (Å²) in [5.41, 5.74) is 10.8. The van der Waals surface area contributed by atoms with Crippen molar-refractivity contribution >= 4 is 17.5 Å². The summed E-state index contributed by atoms with van der Waals surface area (Å²) in [6, 6.07) is 0. The molecule has 0 spiro atoms. The van der Waals surface area contributed by atoms with Crippen molar-refractivity contribution in [3.63, 3.8) is 0 Å². The standard InChI is InChI=1S/C6H6N6O/c7-4-3(5(8)13)1-9-6-10-2-11-12(4)6/h1-2H,7H2,(H2,8,13). The van der Waals surface area contributed by atoms with E-state index in [0.29, 0.717) is 5.78 Å². The molecule has 2 heterocycles. The van der Waals surface area contributed by atoms with Crippen LogP contribution in [0, 0.1) is 0 Å². The number of amides is 1. The number of nitrogens with zero attached hydrogens (tertiary/aromatic N) is 4. The van der Waals surface area contributed by atoms with E-state index in [1.165, 1.54) is 17.0 Å². The molecular formula is C6H6N6O. The highest BCUT2D eigenvalue weighted by Crippen LogP contribution is 2.09. The zero-order valence-corrected chi connectivity index (χ0v) is 6.51. The monoisotopic (exact) mass is 178 g/mol. The van der Waals surface area contributed by atoms with Gasteiger partial charge in [-0.25, -0.2) is 4.98 Å². The number of rotatable bonds is 1. The average Bonchev–Trinajstić information content (AvgIpc) is 2.52. The summed E-state index contributed by atoms with van der Waals surface area (Å²) in [6.45, 7) is 0. The second kappa shape index (κ2) is 2.41. The number of hydrogen-bond acceptors (Lipinski definition) is 5. The number of hydrogen-bond donors (Lipinski definition) is 2. The first-order valence-electron chi connectivity index (χ1n) is 3.44. The maximum atomic E-state index is 10.8. The van der Waals surface area contributed by atoms with Crippen molar-refractivity contribution in [2.24, 2.45) is 5.73 Å². The van der Waals surface area contributed by atoms with E-state index in [4.69, 9.17) is 11.5 Å². The number of aromatic nitrogens is 4. The molecule has 13 heavy (non-hydrogen) atoms. The van der Waals surface area contributed by atoms with Gasteiger partial charge in [0.2, 0.25) is 0 Å². The largest absolute Gasteiger partial charge is 0.383 e. The van der Waals surface area contributed by atoms with E-state index in [1.54, 1.807) is 0 Å². The fraction of sp³-hybridized carbons (Fsp3) is 0. The predicted octanol–water partition coefficient (Wildman–Crippen LogP) is -1.19. The van der Waals surface area contributed by atoms with Gasteiger partial charge >= 0.3 is 0 Å². The quantitative estimate of drug-likeness (QED) is 0.569. The topological polar surface area (TPSA) is 112 Å². The molecule has 2 aromatic heterocycles. The molecule has 2 rings (SSSR count). The Labute approximate surface area is 72.4 Å². The summed E-state index contributed by atoms with van der Waals surface area (Å²) in [5.74, 6) is -0.153. The molecule has 0 fully saturated rings. The molecule has 0 saturated heterocycles. The van der Waals surface area contributed by atoms with E-state index in [1.807, 2.05) is 0 Å². The van der Waals surface area contributed by atoms with E-state index in [-0.39, 0.29) is 11.4 Å². The third kappa shape index (κ3) is 0.975. The van der Waals surface area contributed by atoms with Gasteiger partial charge in [0.05, 0.1) is 5.56 Å². The highest BCUT2D eigenvalue weighted by Gasteiger charge is 2.10. The Morgan fingerprint density at radius 1 is 1.46 bits per heavy atom. The van der Waals surface area contributed by atoms with Crippen molar-refractivity contribution < 1.29 is 4.79 Å². The number of primary amides is 1. The Morgan fingerprint density at radius 2 is 2.23 bits per heavy atom. The molecule has 2 aromatic rings. The summed E-state index contributed by atoms with van der Waals surface area (Å²) in [4.78, 5) is 18.4. The van der Waals surface area contributed by atoms with Crippen molar-refractivity contribution in [1.29, 1.82) is 0 Å². The van der Waals surface area contributed by atoms with Gasteiger partial charge in [-0.2, -0.15) is 14.6 Å². The SMILES string of the molecule is NC(=O)c1cnc2ncnn2c1N. The fourth-order valence-electron chi connectivity index (χ4n) is 0.986. The lowest BCUT2D eigenvalue weighted by Gasteiger charge is -2.00. The van der Waals surface area contributed by atoms with Crippen molar-refractivity contribution in [1.82, 2.24) is 19.6 Å². The van der Waals surface area contributed by atoms with Crippen LogP contribution in [0.1, 0.15) is 10.4 Å². The third-order valence-corrected chi connectivity index (χ3v) is 1.61. The molecule has 0 aliphatic heterocycles. The minimum Gasteiger partial charge on any atom is -0.383 e. The highest BCUT2D eigenvalue weighted by molar-refractivity contribution is 5.97. The molecule has 0 bridgehead atoms. The number of anilines is 1.